The molecule has 94 valence electrons. The number of hydrogen-bond acceptors (Lipinski definition) is 5. The third-order valence-corrected chi connectivity index (χ3v) is 2.87. The van der Waals surface area contributed by atoms with E-state index in [4.69, 9.17) is 5.14 Å². The van der Waals surface area contributed by atoms with Gasteiger partial charge in [0.05, 0.1) is 10.7 Å². The molecule has 0 saturated heterocycles. The first-order valence-corrected chi connectivity index (χ1v) is 6.59. The lowest BCUT2D eigenvalue weighted by Gasteiger charge is -2.05. The monoisotopic (exact) mass is 259 g/mol. The molecule has 0 unspecified atom stereocenters. The molecule has 17 heavy (non-hydrogen) atoms. The summed E-state index contributed by atoms with van der Waals surface area (Å²) in [5.74, 6) is -0.0903. The molecular weight excluding hydrogens is 246 g/mol. The number of rotatable bonds is 6. The lowest BCUT2D eigenvalue weighted by molar-refractivity contribution is -0.384. The van der Waals surface area contributed by atoms with Crippen molar-refractivity contribution in [1.29, 1.82) is 0 Å². The minimum atomic E-state index is -3.43. The van der Waals surface area contributed by atoms with E-state index in [9.17, 15) is 18.5 Å². The Labute approximate surface area is 98.8 Å². The highest BCUT2D eigenvalue weighted by molar-refractivity contribution is 7.89. The molecule has 0 fully saturated rings. The highest BCUT2D eigenvalue weighted by atomic mass is 32.2. The van der Waals surface area contributed by atoms with Crippen molar-refractivity contribution in [3.05, 3.63) is 34.4 Å². The quantitative estimate of drug-likeness (QED) is 0.443. The second-order valence-electron chi connectivity index (χ2n) is 3.45. The molecule has 0 radical (unpaired) electrons. The predicted molar refractivity (Wildman–Crippen MR) is 64.2 cm³/mol. The highest BCUT2D eigenvalue weighted by Gasteiger charge is 2.04. The van der Waals surface area contributed by atoms with Crippen molar-refractivity contribution in [1.82, 2.24) is 0 Å². The fourth-order valence-electron chi connectivity index (χ4n) is 1.21. The average molecular weight is 259 g/mol. The van der Waals surface area contributed by atoms with Crippen LogP contribution in [0, 0.1) is 10.1 Å². The van der Waals surface area contributed by atoms with Crippen molar-refractivity contribution in [2.45, 2.75) is 6.42 Å². The summed E-state index contributed by atoms with van der Waals surface area (Å²) >= 11 is 0. The maximum Gasteiger partial charge on any atom is 0.269 e. The topological polar surface area (TPSA) is 115 Å². The van der Waals surface area contributed by atoms with Gasteiger partial charge >= 0.3 is 0 Å². The summed E-state index contributed by atoms with van der Waals surface area (Å²) in [5.41, 5.74) is 0.713. The van der Waals surface area contributed by atoms with E-state index in [1.807, 2.05) is 0 Å². The summed E-state index contributed by atoms with van der Waals surface area (Å²) in [6.07, 6.45) is 0.385. The number of hydrogen-bond donors (Lipinski definition) is 2. The van der Waals surface area contributed by atoms with Gasteiger partial charge in [-0.25, -0.2) is 13.6 Å². The van der Waals surface area contributed by atoms with Gasteiger partial charge in [0, 0.05) is 24.4 Å². The van der Waals surface area contributed by atoms with Crippen LogP contribution in [0.2, 0.25) is 0 Å². The SMILES string of the molecule is NS(=O)(=O)CCCNc1ccc([N+](=O)[O-])cc1. The summed E-state index contributed by atoms with van der Waals surface area (Å²) in [6, 6.07) is 5.88. The number of nitrogens with one attached hydrogen (secondary N) is 1. The Morgan fingerprint density at radius 2 is 1.88 bits per heavy atom. The van der Waals surface area contributed by atoms with Gasteiger partial charge in [0.1, 0.15) is 0 Å². The number of nitro groups is 1. The Morgan fingerprint density at radius 1 is 1.29 bits per heavy atom. The highest BCUT2D eigenvalue weighted by Crippen LogP contribution is 2.15. The number of nitrogens with zero attached hydrogens (tertiary/aromatic N) is 1. The lowest BCUT2D eigenvalue weighted by atomic mass is 10.3. The van der Waals surface area contributed by atoms with Crippen LogP contribution in [0.15, 0.2) is 24.3 Å². The van der Waals surface area contributed by atoms with Crippen molar-refractivity contribution >= 4 is 21.4 Å². The molecule has 0 saturated carbocycles. The van der Waals surface area contributed by atoms with Gasteiger partial charge < -0.3 is 5.32 Å². The fraction of sp³-hybridized carbons (Fsp3) is 0.333. The molecule has 1 aromatic carbocycles. The fourth-order valence-corrected chi connectivity index (χ4v) is 1.75. The molecular formula is C9H13N3O4S. The molecule has 1 aromatic rings. The molecule has 0 bridgehead atoms. The number of anilines is 1. The average Bonchev–Trinajstić information content (AvgIpc) is 2.24. The molecule has 0 amide bonds. The molecule has 3 N–H and O–H groups in total. The maximum absolute atomic E-state index is 10.6. The van der Waals surface area contributed by atoms with Crippen LogP contribution in [0.3, 0.4) is 0 Å². The van der Waals surface area contributed by atoms with E-state index >= 15 is 0 Å². The van der Waals surface area contributed by atoms with E-state index in [-0.39, 0.29) is 11.4 Å². The molecule has 0 heterocycles. The molecule has 8 heteroatoms. The number of nitro benzene ring substituents is 1. The van der Waals surface area contributed by atoms with Gasteiger partial charge in [0.15, 0.2) is 0 Å². The number of benzene rings is 1. The van der Waals surface area contributed by atoms with Crippen molar-refractivity contribution in [3.8, 4) is 0 Å². The molecule has 0 atom stereocenters. The van der Waals surface area contributed by atoms with Crippen LogP contribution in [-0.4, -0.2) is 25.6 Å². The van der Waals surface area contributed by atoms with Crippen LogP contribution in [0.5, 0.6) is 0 Å². The van der Waals surface area contributed by atoms with Crippen molar-refractivity contribution in [2.24, 2.45) is 5.14 Å². The zero-order chi connectivity index (χ0) is 12.9. The third kappa shape index (κ3) is 5.27. The van der Waals surface area contributed by atoms with E-state index in [2.05, 4.69) is 5.32 Å². The maximum atomic E-state index is 10.6. The second-order valence-corrected chi connectivity index (χ2v) is 5.19. The van der Waals surface area contributed by atoms with Gasteiger partial charge in [-0.3, -0.25) is 10.1 Å². The first-order chi connectivity index (χ1) is 7.88. The standard InChI is InChI=1S/C9H13N3O4S/c10-17(15,16)7-1-6-11-8-2-4-9(5-3-8)12(13)14/h2-5,11H,1,6-7H2,(H2,10,15,16). The zero-order valence-electron chi connectivity index (χ0n) is 9.00. The molecule has 1 rings (SSSR count). The Morgan fingerprint density at radius 3 is 2.35 bits per heavy atom. The van der Waals surface area contributed by atoms with Crippen LogP contribution < -0.4 is 10.5 Å². The van der Waals surface area contributed by atoms with Crippen molar-refractivity contribution in [3.63, 3.8) is 0 Å². The van der Waals surface area contributed by atoms with Crippen LogP contribution in [-0.2, 0) is 10.0 Å². The van der Waals surface area contributed by atoms with Crippen LogP contribution in [0.25, 0.3) is 0 Å². The van der Waals surface area contributed by atoms with Crippen LogP contribution in [0.4, 0.5) is 11.4 Å². The number of non-ortho nitro benzene ring substituents is 1. The largest absolute Gasteiger partial charge is 0.385 e. The Bertz CT molecular complexity index is 483. The first-order valence-electron chi connectivity index (χ1n) is 4.87. The van der Waals surface area contributed by atoms with E-state index < -0.39 is 14.9 Å². The third-order valence-electron chi connectivity index (χ3n) is 2.01. The Hall–Kier alpha value is -1.67. The number of sulfonamides is 1. The summed E-state index contributed by atoms with van der Waals surface area (Å²) in [4.78, 5) is 9.91. The zero-order valence-corrected chi connectivity index (χ0v) is 9.81. The van der Waals surface area contributed by atoms with Crippen molar-refractivity contribution in [2.75, 3.05) is 17.6 Å². The molecule has 0 spiro atoms. The minimum absolute atomic E-state index is 0.0140. The first kappa shape index (κ1) is 13.4. The summed E-state index contributed by atoms with van der Waals surface area (Å²) < 4.78 is 21.3. The molecule has 0 aliphatic rings. The van der Waals surface area contributed by atoms with Gasteiger partial charge in [-0.2, -0.15) is 0 Å². The summed E-state index contributed by atoms with van der Waals surface area (Å²) in [5, 5.41) is 18.2. The van der Waals surface area contributed by atoms with E-state index in [0.29, 0.717) is 18.7 Å². The number of primary sulfonamides is 1. The predicted octanol–water partition coefficient (Wildman–Crippen LogP) is 0.685. The Balaban J connectivity index is 2.40. The smallest absolute Gasteiger partial charge is 0.269 e. The molecule has 0 aliphatic carbocycles. The number of nitrogens with two attached hydrogens (primary N) is 1. The van der Waals surface area contributed by atoms with Gasteiger partial charge in [0.25, 0.3) is 5.69 Å². The minimum Gasteiger partial charge on any atom is -0.385 e. The summed E-state index contributed by atoms with van der Waals surface area (Å²) in [7, 11) is -3.43. The van der Waals surface area contributed by atoms with Crippen molar-refractivity contribution < 1.29 is 13.3 Å². The molecule has 7 nitrogen and oxygen atoms in total. The normalized spacial score (nSPS) is 11.1. The summed E-state index contributed by atoms with van der Waals surface area (Å²) in [6.45, 7) is 0.439. The Kier molecular flexibility index (Phi) is 4.41. The van der Waals surface area contributed by atoms with E-state index in [1.54, 1.807) is 12.1 Å². The van der Waals surface area contributed by atoms with E-state index in [0.717, 1.165) is 0 Å². The van der Waals surface area contributed by atoms with Crippen LogP contribution >= 0.6 is 0 Å². The van der Waals surface area contributed by atoms with Gasteiger partial charge in [-0.15, -0.1) is 0 Å². The van der Waals surface area contributed by atoms with E-state index in [1.165, 1.54) is 12.1 Å². The van der Waals surface area contributed by atoms with Gasteiger partial charge in [-0.05, 0) is 18.6 Å². The molecule has 0 aromatic heterocycles. The lowest BCUT2D eigenvalue weighted by Crippen LogP contribution is -2.18. The molecule has 0 aliphatic heterocycles. The van der Waals surface area contributed by atoms with Crippen LogP contribution in [0.1, 0.15) is 6.42 Å². The second kappa shape index (κ2) is 5.60. The van der Waals surface area contributed by atoms with Gasteiger partial charge in [0.2, 0.25) is 10.0 Å². The van der Waals surface area contributed by atoms with Gasteiger partial charge in [-0.1, -0.05) is 0 Å².